The van der Waals surface area contributed by atoms with Gasteiger partial charge in [-0.2, -0.15) is 0 Å². The topological polar surface area (TPSA) is 43.9 Å². The maximum absolute atomic E-state index is 12.6. The van der Waals surface area contributed by atoms with Crippen molar-refractivity contribution in [2.75, 3.05) is 38.1 Å². The van der Waals surface area contributed by atoms with E-state index in [1.807, 2.05) is 24.3 Å². The van der Waals surface area contributed by atoms with Crippen LogP contribution in [0.15, 0.2) is 24.3 Å². The van der Waals surface area contributed by atoms with Crippen molar-refractivity contribution in [3.8, 4) is 0 Å². The van der Waals surface area contributed by atoms with Crippen molar-refractivity contribution in [1.82, 2.24) is 9.80 Å². The van der Waals surface area contributed by atoms with E-state index in [2.05, 4.69) is 39.4 Å². The van der Waals surface area contributed by atoms with Gasteiger partial charge in [-0.05, 0) is 53.9 Å². The van der Waals surface area contributed by atoms with Crippen LogP contribution in [0.1, 0.15) is 6.42 Å². The molecule has 112 valence electrons. The van der Waals surface area contributed by atoms with Gasteiger partial charge in [0.15, 0.2) is 0 Å². The van der Waals surface area contributed by atoms with E-state index >= 15 is 0 Å². The highest BCUT2D eigenvalue weighted by Gasteiger charge is 2.43. The number of carbonyl (C=O) groups excluding carboxylic acids is 2. The molecule has 0 N–H and O–H groups in total. The largest absolute Gasteiger partial charge is 0.304 e. The number of benzene rings is 1. The molecule has 1 aromatic carbocycles. The zero-order valence-electron chi connectivity index (χ0n) is 12.0. The first-order valence-corrected chi connectivity index (χ1v) is 8.19. The van der Waals surface area contributed by atoms with E-state index in [0.717, 1.165) is 29.7 Å². The molecule has 0 spiro atoms. The minimum Gasteiger partial charge on any atom is -0.304 e. The van der Waals surface area contributed by atoms with E-state index in [0.29, 0.717) is 12.1 Å². The number of rotatable bonds is 2. The Morgan fingerprint density at radius 3 is 2.29 bits per heavy atom. The SMILES string of the molecule is CN1CCN([C@H]2CC(=O)N(c3ccc(I)cc3)C2=O)CC1. The second-order valence-electron chi connectivity index (χ2n) is 5.60. The molecule has 1 atom stereocenters. The lowest BCUT2D eigenvalue weighted by Crippen LogP contribution is -2.51. The predicted molar refractivity (Wildman–Crippen MR) is 89.1 cm³/mol. The second kappa shape index (κ2) is 6.02. The third kappa shape index (κ3) is 2.97. The van der Waals surface area contributed by atoms with Crippen molar-refractivity contribution in [1.29, 1.82) is 0 Å². The molecular formula is C15H18IN3O2. The van der Waals surface area contributed by atoms with E-state index in [1.54, 1.807) is 0 Å². The lowest BCUT2D eigenvalue weighted by Gasteiger charge is -2.35. The van der Waals surface area contributed by atoms with Crippen LogP contribution in [0.2, 0.25) is 0 Å². The molecule has 5 nitrogen and oxygen atoms in total. The molecule has 6 heteroatoms. The van der Waals surface area contributed by atoms with E-state index in [4.69, 9.17) is 0 Å². The average Bonchev–Trinajstić information content (AvgIpc) is 2.76. The third-order valence-corrected chi connectivity index (χ3v) is 4.91. The first-order chi connectivity index (χ1) is 10.1. The van der Waals surface area contributed by atoms with Gasteiger partial charge in [-0.25, -0.2) is 4.90 Å². The van der Waals surface area contributed by atoms with E-state index in [9.17, 15) is 9.59 Å². The summed E-state index contributed by atoms with van der Waals surface area (Å²) < 4.78 is 1.09. The fraction of sp³-hybridized carbons (Fsp3) is 0.467. The number of imide groups is 1. The molecule has 2 fully saturated rings. The van der Waals surface area contributed by atoms with Gasteiger partial charge in [0.05, 0.1) is 18.2 Å². The maximum Gasteiger partial charge on any atom is 0.251 e. The summed E-state index contributed by atoms with van der Waals surface area (Å²) in [5.41, 5.74) is 0.682. The lowest BCUT2D eigenvalue weighted by atomic mass is 10.2. The molecule has 2 aliphatic rings. The Balaban J connectivity index is 1.77. The van der Waals surface area contributed by atoms with Crippen molar-refractivity contribution in [3.05, 3.63) is 27.8 Å². The Labute approximate surface area is 138 Å². The van der Waals surface area contributed by atoms with Crippen LogP contribution in [0.3, 0.4) is 0 Å². The molecule has 0 saturated carbocycles. The first kappa shape index (κ1) is 14.9. The summed E-state index contributed by atoms with van der Waals surface area (Å²) in [7, 11) is 2.08. The summed E-state index contributed by atoms with van der Waals surface area (Å²) in [4.78, 5) is 30.6. The van der Waals surface area contributed by atoms with Gasteiger partial charge in [0.1, 0.15) is 0 Å². The molecule has 1 aromatic rings. The van der Waals surface area contributed by atoms with Crippen molar-refractivity contribution in [2.24, 2.45) is 0 Å². The molecular weight excluding hydrogens is 381 g/mol. The Hall–Kier alpha value is -0.990. The second-order valence-corrected chi connectivity index (χ2v) is 6.85. The van der Waals surface area contributed by atoms with E-state index in [1.165, 1.54) is 4.90 Å². The maximum atomic E-state index is 12.6. The molecule has 0 radical (unpaired) electrons. The number of carbonyl (C=O) groups is 2. The summed E-state index contributed by atoms with van der Waals surface area (Å²) in [6.07, 6.45) is 0.300. The zero-order chi connectivity index (χ0) is 15.0. The van der Waals surface area contributed by atoms with Gasteiger partial charge in [-0.1, -0.05) is 0 Å². The molecule has 3 rings (SSSR count). The van der Waals surface area contributed by atoms with Gasteiger partial charge < -0.3 is 4.90 Å². The first-order valence-electron chi connectivity index (χ1n) is 7.11. The molecule has 2 aliphatic heterocycles. The Kier molecular flexibility index (Phi) is 4.28. The van der Waals surface area contributed by atoms with Gasteiger partial charge in [0.25, 0.3) is 5.91 Å². The van der Waals surface area contributed by atoms with E-state index < -0.39 is 0 Å². The van der Waals surface area contributed by atoms with Gasteiger partial charge in [0.2, 0.25) is 5.91 Å². The number of nitrogens with zero attached hydrogens (tertiary/aromatic N) is 3. The summed E-state index contributed by atoms with van der Waals surface area (Å²) in [5.74, 6) is -0.170. The van der Waals surface area contributed by atoms with Crippen LogP contribution in [0, 0.1) is 3.57 Å². The molecule has 0 aliphatic carbocycles. The fourth-order valence-electron chi connectivity index (χ4n) is 2.90. The van der Waals surface area contributed by atoms with Crippen LogP contribution >= 0.6 is 22.6 Å². The molecule has 21 heavy (non-hydrogen) atoms. The number of amides is 2. The summed E-state index contributed by atoms with van der Waals surface area (Å²) in [5, 5.41) is 0. The van der Waals surface area contributed by atoms with Gasteiger partial charge in [-0.15, -0.1) is 0 Å². The molecule has 2 heterocycles. The van der Waals surface area contributed by atoms with Gasteiger partial charge in [0, 0.05) is 29.7 Å². The minimum absolute atomic E-state index is 0.0780. The number of hydrogen-bond donors (Lipinski definition) is 0. The highest BCUT2D eigenvalue weighted by atomic mass is 127. The molecule has 2 amide bonds. The number of piperazine rings is 1. The van der Waals surface area contributed by atoms with Gasteiger partial charge >= 0.3 is 0 Å². The van der Waals surface area contributed by atoms with Crippen LogP contribution in [0.25, 0.3) is 0 Å². The van der Waals surface area contributed by atoms with Crippen molar-refractivity contribution < 1.29 is 9.59 Å². The van der Waals surface area contributed by atoms with Crippen molar-refractivity contribution in [2.45, 2.75) is 12.5 Å². The zero-order valence-corrected chi connectivity index (χ0v) is 14.1. The highest BCUT2D eigenvalue weighted by molar-refractivity contribution is 14.1. The highest BCUT2D eigenvalue weighted by Crippen LogP contribution is 2.26. The molecule has 0 aromatic heterocycles. The Morgan fingerprint density at radius 1 is 1.05 bits per heavy atom. The fourth-order valence-corrected chi connectivity index (χ4v) is 3.26. The number of halogens is 1. The van der Waals surface area contributed by atoms with E-state index in [-0.39, 0.29) is 17.9 Å². The smallest absolute Gasteiger partial charge is 0.251 e. The molecule has 0 unspecified atom stereocenters. The average molecular weight is 399 g/mol. The predicted octanol–water partition coefficient (Wildman–Crippen LogP) is 1.17. The summed E-state index contributed by atoms with van der Waals surface area (Å²) >= 11 is 2.21. The van der Waals surface area contributed by atoms with Gasteiger partial charge in [-0.3, -0.25) is 14.5 Å². The molecule has 0 bridgehead atoms. The van der Waals surface area contributed by atoms with Crippen molar-refractivity contribution >= 4 is 40.1 Å². The van der Waals surface area contributed by atoms with Crippen molar-refractivity contribution in [3.63, 3.8) is 0 Å². The lowest BCUT2D eigenvalue weighted by molar-refractivity contribution is -0.123. The minimum atomic E-state index is -0.287. The van der Waals surface area contributed by atoms with Crippen LogP contribution in [-0.4, -0.2) is 60.9 Å². The monoisotopic (exact) mass is 399 g/mol. The van der Waals surface area contributed by atoms with Crippen LogP contribution in [0.4, 0.5) is 5.69 Å². The summed E-state index contributed by atoms with van der Waals surface area (Å²) in [6, 6.07) is 7.22. The Morgan fingerprint density at radius 2 is 1.67 bits per heavy atom. The quantitative estimate of drug-likeness (QED) is 0.554. The normalized spacial score (nSPS) is 24.9. The molecule has 2 saturated heterocycles. The van der Waals surface area contributed by atoms with Crippen LogP contribution in [-0.2, 0) is 9.59 Å². The summed E-state index contributed by atoms with van der Waals surface area (Å²) in [6.45, 7) is 3.59. The number of hydrogen-bond acceptors (Lipinski definition) is 4. The number of likely N-dealkylation sites (N-methyl/N-ethyl adjacent to an activating group) is 1. The Bertz CT molecular complexity index is 553. The third-order valence-electron chi connectivity index (χ3n) is 4.19. The van der Waals surface area contributed by atoms with Crippen LogP contribution < -0.4 is 4.90 Å². The van der Waals surface area contributed by atoms with Crippen LogP contribution in [0.5, 0.6) is 0 Å². The number of anilines is 1. The standard InChI is InChI=1S/C15H18IN3O2/c1-17-6-8-18(9-7-17)13-10-14(20)19(15(13)21)12-4-2-11(16)3-5-12/h2-5,13H,6-10H2,1H3/t13-/m0/s1.